The van der Waals surface area contributed by atoms with E-state index in [1.54, 1.807) is 0 Å². The van der Waals surface area contributed by atoms with Gasteiger partial charge in [0.1, 0.15) is 0 Å². The Morgan fingerprint density at radius 1 is 0.440 bits per heavy atom. The van der Waals surface area contributed by atoms with Crippen LogP contribution in [0.2, 0.25) is 0 Å². The standard InChI is InChI=1S/2C8H4Cl2O2.H2S/c2*9-7(11)5-1-2-6(4-3-5)8(10)12;/h2*1-4H;1H2. The Balaban J connectivity index is 0.000000443. The summed E-state index contributed by atoms with van der Waals surface area (Å²) < 4.78 is 0. The summed E-state index contributed by atoms with van der Waals surface area (Å²) in [5.74, 6) is 0. The van der Waals surface area contributed by atoms with Crippen LogP contribution < -0.4 is 0 Å². The monoisotopic (exact) mass is 438 g/mol. The number of halogens is 4. The average Bonchev–Trinajstić information content (AvgIpc) is 2.55. The van der Waals surface area contributed by atoms with E-state index in [0.29, 0.717) is 22.3 Å². The molecule has 0 aliphatic rings. The molecule has 0 aromatic heterocycles. The molecule has 2 aromatic carbocycles. The molecule has 0 radical (unpaired) electrons. The first-order valence-corrected chi connectivity index (χ1v) is 7.73. The van der Waals surface area contributed by atoms with E-state index in [0.717, 1.165) is 0 Å². The van der Waals surface area contributed by atoms with Crippen molar-refractivity contribution in [1.29, 1.82) is 0 Å². The Morgan fingerprint density at radius 3 is 0.640 bits per heavy atom. The fourth-order valence-electron chi connectivity index (χ4n) is 1.46. The molecule has 0 spiro atoms. The van der Waals surface area contributed by atoms with Gasteiger partial charge in [-0.1, -0.05) is 0 Å². The van der Waals surface area contributed by atoms with Crippen molar-refractivity contribution in [3.63, 3.8) is 0 Å². The highest BCUT2D eigenvalue weighted by Crippen LogP contribution is 2.09. The normalized spacial score (nSPS) is 9.12. The van der Waals surface area contributed by atoms with Crippen LogP contribution in [0.15, 0.2) is 48.5 Å². The lowest BCUT2D eigenvalue weighted by Gasteiger charge is -1.94. The third-order valence-corrected chi connectivity index (χ3v) is 3.55. The van der Waals surface area contributed by atoms with E-state index in [4.69, 9.17) is 46.4 Å². The van der Waals surface area contributed by atoms with Crippen LogP contribution in [-0.4, -0.2) is 21.0 Å². The Kier molecular flexibility index (Phi) is 10.7. The summed E-state index contributed by atoms with van der Waals surface area (Å²) in [6, 6.07) is 11.6. The van der Waals surface area contributed by atoms with Gasteiger partial charge in [0.15, 0.2) is 0 Å². The van der Waals surface area contributed by atoms with Crippen LogP contribution in [0.3, 0.4) is 0 Å². The molecule has 0 fully saturated rings. The van der Waals surface area contributed by atoms with Gasteiger partial charge in [0.2, 0.25) is 0 Å². The van der Waals surface area contributed by atoms with Gasteiger partial charge in [-0.3, -0.25) is 19.2 Å². The second kappa shape index (κ2) is 11.3. The summed E-state index contributed by atoms with van der Waals surface area (Å²) in [6.07, 6.45) is 0. The SMILES string of the molecule is O=C(Cl)c1ccc(C(=O)Cl)cc1.O=C(Cl)c1ccc(C(=O)Cl)cc1.S. The summed E-state index contributed by atoms with van der Waals surface area (Å²) in [6.45, 7) is 0. The molecule has 132 valence electrons. The molecule has 9 heteroatoms. The Labute approximate surface area is 170 Å². The summed E-state index contributed by atoms with van der Waals surface area (Å²) >= 11 is 20.7. The third kappa shape index (κ3) is 8.03. The zero-order chi connectivity index (χ0) is 18.3. The lowest BCUT2D eigenvalue weighted by Crippen LogP contribution is -1.92. The summed E-state index contributed by atoms with van der Waals surface area (Å²) in [7, 11) is 0. The molecule has 0 heterocycles. The molecule has 0 N–H and O–H groups in total. The minimum atomic E-state index is -0.552. The maximum Gasteiger partial charge on any atom is 0.252 e. The molecule has 0 saturated heterocycles. The summed E-state index contributed by atoms with van der Waals surface area (Å²) in [5.41, 5.74) is 1.38. The number of rotatable bonds is 4. The van der Waals surface area contributed by atoms with Crippen molar-refractivity contribution in [2.24, 2.45) is 0 Å². The molecular formula is C16H10Cl4O4S. The lowest BCUT2D eigenvalue weighted by molar-refractivity contribution is 0.107. The highest BCUT2D eigenvalue weighted by atomic mass is 35.5. The van der Waals surface area contributed by atoms with Gasteiger partial charge in [-0.2, -0.15) is 13.5 Å². The predicted octanol–water partition coefficient (Wildman–Crippen LogP) is 5.00. The lowest BCUT2D eigenvalue weighted by atomic mass is 10.2. The van der Waals surface area contributed by atoms with E-state index in [1.807, 2.05) is 0 Å². The fourth-order valence-corrected chi connectivity index (χ4v) is 1.97. The largest absolute Gasteiger partial charge is 0.276 e. The highest BCUT2D eigenvalue weighted by molar-refractivity contribution is 7.59. The molecule has 0 bridgehead atoms. The molecule has 0 atom stereocenters. The zero-order valence-electron chi connectivity index (χ0n) is 12.3. The van der Waals surface area contributed by atoms with E-state index in [1.165, 1.54) is 48.5 Å². The maximum atomic E-state index is 10.6. The van der Waals surface area contributed by atoms with Crippen molar-refractivity contribution in [3.05, 3.63) is 70.8 Å². The minimum absolute atomic E-state index is 0. The molecule has 4 nitrogen and oxygen atoms in total. The van der Waals surface area contributed by atoms with Crippen molar-refractivity contribution >= 4 is 80.9 Å². The second-order valence-electron chi connectivity index (χ2n) is 4.25. The van der Waals surface area contributed by atoms with E-state index in [2.05, 4.69) is 0 Å². The van der Waals surface area contributed by atoms with Crippen LogP contribution in [0.25, 0.3) is 0 Å². The Hall–Kier alpha value is -1.37. The molecule has 25 heavy (non-hydrogen) atoms. The Bertz CT molecular complexity index is 640. The van der Waals surface area contributed by atoms with Crippen LogP contribution in [0, 0.1) is 0 Å². The van der Waals surface area contributed by atoms with Crippen molar-refractivity contribution in [2.75, 3.05) is 0 Å². The van der Waals surface area contributed by atoms with Gasteiger partial charge in [0.05, 0.1) is 0 Å². The number of hydrogen-bond acceptors (Lipinski definition) is 4. The van der Waals surface area contributed by atoms with Crippen molar-refractivity contribution < 1.29 is 19.2 Å². The first kappa shape index (κ1) is 23.6. The van der Waals surface area contributed by atoms with Gasteiger partial charge in [-0.05, 0) is 94.9 Å². The van der Waals surface area contributed by atoms with Crippen LogP contribution in [0.1, 0.15) is 41.4 Å². The minimum Gasteiger partial charge on any atom is -0.276 e. The Morgan fingerprint density at radius 2 is 0.560 bits per heavy atom. The van der Waals surface area contributed by atoms with Crippen LogP contribution in [0.5, 0.6) is 0 Å². The van der Waals surface area contributed by atoms with E-state index in [9.17, 15) is 19.2 Å². The van der Waals surface area contributed by atoms with Gasteiger partial charge in [-0.15, -0.1) is 0 Å². The fraction of sp³-hybridized carbons (Fsp3) is 0. The highest BCUT2D eigenvalue weighted by Gasteiger charge is 2.04. The third-order valence-electron chi connectivity index (χ3n) is 2.68. The number of carbonyl (C=O) groups is 4. The number of hydrogen-bond donors (Lipinski definition) is 0. The topological polar surface area (TPSA) is 68.3 Å². The molecule has 0 saturated carbocycles. The molecule has 0 unspecified atom stereocenters. The van der Waals surface area contributed by atoms with E-state index >= 15 is 0 Å². The van der Waals surface area contributed by atoms with Gasteiger partial charge in [0.25, 0.3) is 21.0 Å². The van der Waals surface area contributed by atoms with Gasteiger partial charge >= 0.3 is 0 Å². The first-order valence-electron chi connectivity index (χ1n) is 6.22. The maximum absolute atomic E-state index is 10.6. The summed E-state index contributed by atoms with van der Waals surface area (Å²) in [4.78, 5) is 42.3. The molecule has 2 aromatic rings. The smallest absolute Gasteiger partial charge is 0.252 e. The second-order valence-corrected chi connectivity index (χ2v) is 5.62. The first-order chi connectivity index (χ1) is 11.2. The van der Waals surface area contributed by atoms with Crippen LogP contribution in [-0.2, 0) is 0 Å². The van der Waals surface area contributed by atoms with Crippen molar-refractivity contribution in [2.45, 2.75) is 0 Å². The van der Waals surface area contributed by atoms with Crippen LogP contribution >= 0.6 is 59.9 Å². The zero-order valence-corrected chi connectivity index (χ0v) is 16.3. The van der Waals surface area contributed by atoms with Crippen molar-refractivity contribution in [1.82, 2.24) is 0 Å². The van der Waals surface area contributed by atoms with Crippen LogP contribution in [0.4, 0.5) is 0 Å². The molecule has 2 rings (SSSR count). The number of carbonyl (C=O) groups excluding carboxylic acids is 4. The number of benzene rings is 2. The molecule has 0 aliphatic carbocycles. The van der Waals surface area contributed by atoms with E-state index in [-0.39, 0.29) is 13.5 Å². The summed E-state index contributed by atoms with van der Waals surface area (Å²) in [5, 5.41) is -2.21. The van der Waals surface area contributed by atoms with Crippen molar-refractivity contribution in [3.8, 4) is 0 Å². The van der Waals surface area contributed by atoms with Gasteiger partial charge in [-0.25, -0.2) is 0 Å². The quantitative estimate of drug-likeness (QED) is 0.628. The average molecular weight is 440 g/mol. The molecular weight excluding hydrogens is 430 g/mol. The molecule has 0 amide bonds. The van der Waals surface area contributed by atoms with E-state index < -0.39 is 21.0 Å². The predicted molar refractivity (Wildman–Crippen MR) is 104 cm³/mol. The van der Waals surface area contributed by atoms with Gasteiger partial charge in [0, 0.05) is 22.3 Å². The molecule has 0 aliphatic heterocycles. The van der Waals surface area contributed by atoms with Gasteiger partial charge < -0.3 is 0 Å².